The van der Waals surface area contributed by atoms with Gasteiger partial charge in [-0.25, -0.2) is 0 Å². The molecule has 0 spiro atoms. The molecule has 1 unspecified atom stereocenters. The molecule has 0 saturated heterocycles. The zero-order valence-electron chi connectivity index (χ0n) is 14.2. The minimum atomic E-state index is -0.552. The topological polar surface area (TPSA) is 58.6 Å². The van der Waals surface area contributed by atoms with Crippen LogP contribution >= 0.6 is 0 Å². The lowest BCUT2D eigenvalue weighted by molar-refractivity contribution is -0.125. The number of hydrogen-bond acceptors (Lipinski definition) is 3. The van der Waals surface area contributed by atoms with Crippen LogP contribution in [0.1, 0.15) is 34.1 Å². The summed E-state index contributed by atoms with van der Waals surface area (Å²) in [4.78, 5) is 25.9. The van der Waals surface area contributed by atoms with E-state index in [9.17, 15) is 9.59 Å². The first-order valence-electron chi connectivity index (χ1n) is 7.84. The van der Waals surface area contributed by atoms with E-state index < -0.39 is 6.10 Å². The van der Waals surface area contributed by atoms with Crippen LogP contribution in [0.4, 0.5) is 11.4 Å². The number of rotatable bonds is 5. The van der Waals surface area contributed by atoms with Crippen molar-refractivity contribution in [3.63, 3.8) is 0 Å². The standard InChI is InChI=1S/C18H24N2O3/c1-11(2)8-17(21)19-14-6-7-15-16(9-14)23-13(5)18(22)20(15)10-12(3)4/h6-7,9,11,13H,3,8,10H2,1-2,4-5H3,(H,19,21). The molecule has 5 nitrogen and oxygen atoms in total. The highest BCUT2D eigenvalue weighted by Crippen LogP contribution is 2.36. The molecule has 0 aromatic heterocycles. The largest absolute Gasteiger partial charge is 0.479 e. The lowest BCUT2D eigenvalue weighted by Gasteiger charge is -2.33. The maximum Gasteiger partial charge on any atom is 0.268 e. The van der Waals surface area contributed by atoms with Crippen LogP contribution < -0.4 is 15.0 Å². The van der Waals surface area contributed by atoms with Crippen LogP contribution in [0.2, 0.25) is 0 Å². The van der Waals surface area contributed by atoms with Crippen LogP contribution in [0.5, 0.6) is 5.75 Å². The first kappa shape index (κ1) is 17.1. The van der Waals surface area contributed by atoms with Crippen LogP contribution in [-0.2, 0) is 9.59 Å². The van der Waals surface area contributed by atoms with Gasteiger partial charge in [0.25, 0.3) is 5.91 Å². The Balaban J connectivity index is 2.25. The van der Waals surface area contributed by atoms with Gasteiger partial charge < -0.3 is 15.0 Å². The first-order chi connectivity index (χ1) is 10.8. The molecule has 1 atom stereocenters. The van der Waals surface area contributed by atoms with Crippen molar-refractivity contribution >= 4 is 23.2 Å². The Kier molecular flexibility index (Phi) is 5.08. The van der Waals surface area contributed by atoms with Crippen molar-refractivity contribution in [3.05, 3.63) is 30.4 Å². The maximum atomic E-state index is 12.3. The molecule has 2 amide bonds. The van der Waals surface area contributed by atoms with E-state index in [-0.39, 0.29) is 11.8 Å². The summed E-state index contributed by atoms with van der Waals surface area (Å²) in [5.41, 5.74) is 2.27. The molecule has 1 aliphatic heterocycles. The van der Waals surface area contributed by atoms with Crippen LogP contribution in [0.25, 0.3) is 0 Å². The molecule has 1 aromatic rings. The third kappa shape index (κ3) is 4.12. The molecule has 1 N–H and O–H groups in total. The summed E-state index contributed by atoms with van der Waals surface area (Å²) in [6, 6.07) is 5.35. The predicted molar refractivity (Wildman–Crippen MR) is 91.8 cm³/mol. The van der Waals surface area contributed by atoms with Gasteiger partial charge in [-0.05, 0) is 31.9 Å². The Morgan fingerprint density at radius 2 is 2.13 bits per heavy atom. The molecule has 0 aliphatic carbocycles. The van der Waals surface area contributed by atoms with E-state index in [2.05, 4.69) is 11.9 Å². The van der Waals surface area contributed by atoms with Gasteiger partial charge in [0.15, 0.2) is 6.10 Å². The molecule has 0 saturated carbocycles. The van der Waals surface area contributed by atoms with E-state index in [1.807, 2.05) is 20.8 Å². The number of ether oxygens (including phenoxy) is 1. The predicted octanol–water partition coefficient (Wildman–Crippen LogP) is 3.36. The van der Waals surface area contributed by atoms with E-state index in [1.165, 1.54) is 0 Å². The van der Waals surface area contributed by atoms with Crippen LogP contribution in [0.3, 0.4) is 0 Å². The van der Waals surface area contributed by atoms with E-state index in [4.69, 9.17) is 4.74 Å². The van der Waals surface area contributed by atoms with Gasteiger partial charge in [-0.3, -0.25) is 9.59 Å². The summed E-state index contributed by atoms with van der Waals surface area (Å²) < 4.78 is 5.69. The fraction of sp³-hybridized carbons (Fsp3) is 0.444. The van der Waals surface area contributed by atoms with E-state index in [0.29, 0.717) is 36.0 Å². The Bertz CT molecular complexity index is 637. The van der Waals surface area contributed by atoms with Gasteiger partial charge in [0.1, 0.15) is 5.75 Å². The Hall–Kier alpha value is -2.30. The fourth-order valence-electron chi connectivity index (χ4n) is 2.50. The van der Waals surface area contributed by atoms with E-state index in [1.54, 1.807) is 30.0 Å². The lowest BCUT2D eigenvalue weighted by Crippen LogP contribution is -2.45. The summed E-state index contributed by atoms with van der Waals surface area (Å²) >= 11 is 0. The summed E-state index contributed by atoms with van der Waals surface area (Å²) in [6.45, 7) is 11.9. The smallest absolute Gasteiger partial charge is 0.268 e. The van der Waals surface area contributed by atoms with Crippen molar-refractivity contribution in [2.24, 2.45) is 5.92 Å². The first-order valence-corrected chi connectivity index (χ1v) is 7.84. The number of hydrogen-bond donors (Lipinski definition) is 1. The summed E-state index contributed by atoms with van der Waals surface area (Å²) in [5, 5.41) is 2.87. The average Bonchev–Trinajstić information content (AvgIpc) is 2.42. The fourth-order valence-corrected chi connectivity index (χ4v) is 2.50. The molecule has 1 heterocycles. The highest BCUT2D eigenvalue weighted by atomic mass is 16.5. The minimum absolute atomic E-state index is 0.0290. The van der Waals surface area contributed by atoms with Crippen molar-refractivity contribution in [1.29, 1.82) is 0 Å². The zero-order valence-corrected chi connectivity index (χ0v) is 14.2. The van der Waals surface area contributed by atoms with Gasteiger partial charge in [-0.1, -0.05) is 26.0 Å². The molecule has 0 radical (unpaired) electrons. The number of carbonyl (C=O) groups is 2. The zero-order chi connectivity index (χ0) is 17.1. The molecule has 0 bridgehead atoms. The molecule has 1 aliphatic rings. The van der Waals surface area contributed by atoms with Gasteiger partial charge in [0.05, 0.1) is 5.69 Å². The average molecular weight is 316 g/mol. The molecule has 1 aromatic carbocycles. The van der Waals surface area contributed by atoms with Crippen molar-refractivity contribution < 1.29 is 14.3 Å². The second-order valence-electron chi connectivity index (χ2n) is 6.47. The van der Waals surface area contributed by atoms with Crippen LogP contribution in [-0.4, -0.2) is 24.5 Å². The summed E-state index contributed by atoms with van der Waals surface area (Å²) in [5.74, 6) is 0.782. The van der Waals surface area contributed by atoms with Gasteiger partial charge >= 0.3 is 0 Å². The SMILES string of the molecule is C=C(C)CN1C(=O)C(C)Oc2cc(NC(=O)CC(C)C)ccc21. The van der Waals surface area contributed by atoms with Crippen molar-refractivity contribution in [1.82, 2.24) is 0 Å². The molecule has 23 heavy (non-hydrogen) atoms. The lowest BCUT2D eigenvalue weighted by atomic mass is 10.1. The van der Waals surface area contributed by atoms with Crippen molar-refractivity contribution in [2.75, 3.05) is 16.8 Å². The number of anilines is 2. The van der Waals surface area contributed by atoms with E-state index in [0.717, 1.165) is 5.57 Å². The third-order valence-corrected chi connectivity index (χ3v) is 3.47. The van der Waals surface area contributed by atoms with Crippen LogP contribution in [0.15, 0.2) is 30.4 Å². The van der Waals surface area contributed by atoms with Crippen molar-refractivity contribution in [2.45, 2.75) is 40.2 Å². The number of amides is 2. The van der Waals surface area contributed by atoms with Crippen LogP contribution in [0, 0.1) is 5.92 Å². The second-order valence-corrected chi connectivity index (χ2v) is 6.47. The second kappa shape index (κ2) is 6.86. The summed E-state index contributed by atoms with van der Waals surface area (Å²) in [6.07, 6.45) is -0.0855. The molecular formula is C18H24N2O3. The van der Waals surface area contributed by atoms with E-state index >= 15 is 0 Å². The molecular weight excluding hydrogens is 292 g/mol. The number of fused-ring (bicyclic) bond motifs is 1. The summed E-state index contributed by atoms with van der Waals surface area (Å²) in [7, 11) is 0. The third-order valence-electron chi connectivity index (χ3n) is 3.47. The highest BCUT2D eigenvalue weighted by Gasteiger charge is 2.31. The molecule has 5 heteroatoms. The van der Waals surface area contributed by atoms with Gasteiger partial charge in [0.2, 0.25) is 5.91 Å². The molecule has 2 rings (SSSR count). The van der Waals surface area contributed by atoms with Crippen molar-refractivity contribution in [3.8, 4) is 5.75 Å². The number of carbonyl (C=O) groups excluding carboxylic acids is 2. The number of nitrogens with zero attached hydrogens (tertiary/aromatic N) is 1. The monoisotopic (exact) mass is 316 g/mol. The number of nitrogens with one attached hydrogen (secondary N) is 1. The normalized spacial score (nSPS) is 16.8. The Morgan fingerprint density at radius 3 is 2.74 bits per heavy atom. The minimum Gasteiger partial charge on any atom is -0.479 e. The molecule has 0 fully saturated rings. The van der Waals surface area contributed by atoms with Gasteiger partial charge in [0, 0.05) is 24.7 Å². The van der Waals surface area contributed by atoms with Gasteiger partial charge in [-0.2, -0.15) is 0 Å². The van der Waals surface area contributed by atoms with Gasteiger partial charge in [-0.15, -0.1) is 0 Å². The maximum absolute atomic E-state index is 12.3. The Labute approximate surface area is 137 Å². The molecule has 124 valence electrons. The quantitative estimate of drug-likeness (QED) is 0.847. The Morgan fingerprint density at radius 1 is 1.43 bits per heavy atom. The highest BCUT2D eigenvalue weighted by molar-refractivity contribution is 6.01. The number of benzene rings is 1.